The number of rotatable bonds is 4. The summed E-state index contributed by atoms with van der Waals surface area (Å²) in [5.41, 5.74) is 4.45. The third-order valence-corrected chi connectivity index (χ3v) is 4.87. The van der Waals surface area contributed by atoms with Crippen LogP contribution in [0.5, 0.6) is 5.75 Å². The van der Waals surface area contributed by atoms with Crippen LogP contribution in [0.3, 0.4) is 0 Å². The van der Waals surface area contributed by atoms with Crippen LogP contribution in [0.15, 0.2) is 48.5 Å². The van der Waals surface area contributed by atoms with Crippen molar-refractivity contribution < 1.29 is 19.1 Å². The number of para-hydroxylation sites is 1. The normalized spacial score (nSPS) is 11.9. The summed E-state index contributed by atoms with van der Waals surface area (Å²) >= 11 is 0. The van der Waals surface area contributed by atoms with Crippen molar-refractivity contribution in [3.63, 3.8) is 0 Å². The zero-order valence-electron chi connectivity index (χ0n) is 15.4. The van der Waals surface area contributed by atoms with Gasteiger partial charge < -0.3 is 14.0 Å². The Balaban J connectivity index is 2.02. The van der Waals surface area contributed by atoms with Crippen LogP contribution in [-0.4, -0.2) is 30.0 Å². The van der Waals surface area contributed by atoms with Gasteiger partial charge in [0, 0.05) is 16.8 Å². The quantitative estimate of drug-likeness (QED) is 0.512. The number of carbonyl (C=O) groups excluding carboxylic acids is 2. The average Bonchev–Trinajstić information content (AvgIpc) is 3.16. The summed E-state index contributed by atoms with van der Waals surface area (Å²) in [7, 11) is 1.60. The molecule has 0 atom stereocenters. The minimum Gasteiger partial charge on any atom is -0.497 e. The number of ether oxygens (including phenoxy) is 2. The Morgan fingerprint density at radius 2 is 1.78 bits per heavy atom. The zero-order valence-corrected chi connectivity index (χ0v) is 15.4. The van der Waals surface area contributed by atoms with Gasteiger partial charge in [0.2, 0.25) is 5.78 Å². The Morgan fingerprint density at radius 3 is 2.44 bits per heavy atom. The van der Waals surface area contributed by atoms with E-state index in [9.17, 15) is 9.59 Å². The molecule has 0 bridgehead atoms. The van der Waals surface area contributed by atoms with E-state index in [1.54, 1.807) is 14.0 Å². The molecule has 0 unspecified atom stereocenters. The van der Waals surface area contributed by atoms with Crippen LogP contribution in [0.1, 0.15) is 39.0 Å². The summed E-state index contributed by atoms with van der Waals surface area (Å²) in [6.45, 7) is 3.88. The highest BCUT2D eigenvalue weighted by Crippen LogP contribution is 2.41. The fourth-order valence-electron chi connectivity index (χ4n) is 3.69. The Kier molecular flexibility index (Phi) is 4.07. The Hall–Kier alpha value is -3.34. The number of ketones is 1. The van der Waals surface area contributed by atoms with Gasteiger partial charge >= 0.3 is 5.97 Å². The maximum absolute atomic E-state index is 13.2. The van der Waals surface area contributed by atoms with E-state index in [0.29, 0.717) is 33.8 Å². The second kappa shape index (κ2) is 6.43. The molecule has 0 saturated heterocycles. The maximum Gasteiger partial charge on any atom is 0.340 e. The standard InChI is InChI=1S/C22H19NO4/c1-4-27-22(25)18-13(2)23-17-8-6-5-7-16(17)21(24)20(23)19(18)14-9-11-15(26-3)12-10-14/h5-12H,4H2,1-3H3. The SMILES string of the molecule is CCOC(=O)c1c(-c2ccc(OC)cc2)c2n(c1C)-c1ccccc1C2=O. The first kappa shape index (κ1) is 17.1. The lowest BCUT2D eigenvalue weighted by Crippen LogP contribution is -2.08. The van der Waals surface area contributed by atoms with E-state index >= 15 is 0 Å². The van der Waals surface area contributed by atoms with Gasteiger partial charge in [0.05, 0.1) is 25.0 Å². The number of aromatic nitrogens is 1. The van der Waals surface area contributed by atoms with Gasteiger partial charge in [-0.05, 0) is 43.7 Å². The highest BCUT2D eigenvalue weighted by Gasteiger charge is 2.36. The van der Waals surface area contributed by atoms with Gasteiger partial charge in [-0.25, -0.2) is 4.79 Å². The van der Waals surface area contributed by atoms with Crippen molar-refractivity contribution in [2.24, 2.45) is 0 Å². The van der Waals surface area contributed by atoms with Gasteiger partial charge in [0.25, 0.3) is 0 Å². The fourth-order valence-corrected chi connectivity index (χ4v) is 3.69. The summed E-state index contributed by atoms with van der Waals surface area (Å²) in [5.74, 6) is 0.196. The lowest BCUT2D eigenvalue weighted by Gasteiger charge is -2.09. The summed E-state index contributed by atoms with van der Waals surface area (Å²) in [5, 5.41) is 0. The van der Waals surface area contributed by atoms with Gasteiger partial charge in [0.15, 0.2) is 0 Å². The van der Waals surface area contributed by atoms with Gasteiger partial charge in [-0.1, -0.05) is 24.3 Å². The molecule has 0 N–H and O–H groups in total. The van der Waals surface area contributed by atoms with Crippen LogP contribution in [0.2, 0.25) is 0 Å². The fraction of sp³-hybridized carbons (Fsp3) is 0.182. The van der Waals surface area contributed by atoms with Crippen molar-refractivity contribution in [3.8, 4) is 22.6 Å². The molecule has 5 nitrogen and oxygen atoms in total. The predicted molar refractivity (Wildman–Crippen MR) is 102 cm³/mol. The van der Waals surface area contributed by atoms with Gasteiger partial charge in [0.1, 0.15) is 11.4 Å². The number of fused-ring (bicyclic) bond motifs is 3. The van der Waals surface area contributed by atoms with Crippen LogP contribution in [0, 0.1) is 6.92 Å². The molecule has 5 heteroatoms. The Labute approximate surface area is 157 Å². The number of benzene rings is 2. The molecular weight excluding hydrogens is 342 g/mol. The van der Waals surface area contributed by atoms with Crippen LogP contribution < -0.4 is 4.74 Å². The molecule has 27 heavy (non-hydrogen) atoms. The van der Waals surface area contributed by atoms with E-state index in [4.69, 9.17) is 9.47 Å². The monoisotopic (exact) mass is 361 g/mol. The van der Waals surface area contributed by atoms with E-state index in [1.807, 2.05) is 60.0 Å². The zero-order chi connectivity index (χ0) is 19.1. The van der Waals surface area contributed by atoms with Crippen molar-refractivity contribution in [2.45, 2.75) is 13.8 Å². The number of carbonyl (C=O) groups is 2. The molecule has 1 aromatic heterocycles. The van der Waals surface area contributed by atoms with Gasteiger partial charge in [-0.3, -0.25) is 4.79 Å². The minimum absolute atomic E-state index is 0.0879. The molecule has 0 radical (unpaired) electrons. The van der Waals surface area contributed by atoms with Crippen LogP contribution in [-0.2, 0) is 4.74 Å². The molecule has 1 aliphatic rings. The molecule has 0 amide bonds. The van der Waals surface area contributed by atoms with E-state index in [2.05, 4.69) is 0 Å². The second-order valence-electron chi connectivity index (χ2n) is 6.31. The van der Waals surface area contributed by atoms with Gasteiger partial charge in [-0.15, -0.1) is 0 Å². The summed E-state index contributed by atoms with van der Waals surface area (Å²) in [4.78, 5) is 25.9. The first-order valence-corrected chi connectivity index (χ1v) is 8.79. The Morgan fingerprint density at radius 1 is 1.07 bits per heavy atom. The molecule has 0 fully saturated rings. The molecule has 3 aromatic rings. The molecule has 0 aliphatic carbocycles. The third kappa shape index (κ3) is 2.46. The average molecular weight is 361 g/mol. The van der Waals surface area contributed by atoms with Crippen molar-refractivity contribution in [1.29, 1.82) is 0 Å². The van der Waals surface area contributed by atoms with Crippen molar-refractivity contribution >= 4 is 11.8 Å². The number of nitrogens with zero attached hydrogens (tertiary/aromatic N) is 1. The van der Waals surface area contributed by atoms with Crippen molar-refractivity contribution in [2.75, 3.05) is 13.7 Å². The smallest absolute Gasteiger partial charge is 0.340 e. The molecule has 0 spiro atoms. The topological polar surface area (TPSA) is 57.5 Å². The molecule has 2 heterocycles. The molecular formula is C22H19NO4. The molecule has 1 aliphatic heterocycles. The number of methoxy groups -OCH3 is 1. The molecule has 0 saturated carbocycles. The minimum atomic E-state index is -0.423. The van der Waals surface area contributed by atoms with Crippen LogP contribution >= 0.6 is 0 Å². The summed E-state index contributed by atoms with van der Waals surface area (Å²) < 4.78 is 12.4. The first-order chi connectivity index (χ1) is 13.1. The van der Waals surface area contributed by atoms with Crippen LogP contribution in [0.4, 0.5) is 0 Å². The number of hydrogen-bond acceptors (Lipinski definition) is 4. The Bertz CT molecular complexity index is 1060. The lowest BCUT2D eigenvalue weighted by atomic mass is 9.96. The molecule has 136 valence electrons. The molecule has 4 rings (SSSR count). The van der Waals surface area contributed by atoms with Crippen molar-refractivity contribution in [1.82, 2.24) is 4.57 Å². The predicted octanol–water partition coefficient (Wildman–Crippen LogP) is 4.18. The lowest BCUT2D eigenvalue weighted by molar-refractivity contribution is 0.0526. The van der Waals surface area contributed by atoms with E-state index in [0.717, 1.165) is 11.3 Å². The van der Waals surface area contributed by atoms with Gasteiger partial charge in [-0.2, -0.15) is 0 Å². The summed E-state index contributed by atoms with van der Waals surface area (Å²) in [6, 6.07) is 14.8. The first-order valence-electron chi connectivity index (χ1n) is 8.79. The molecule has 2 aromatic carbocycles. The van der Waals surface area contributed by atoms with E-state index < -0.39 is 5.97 Å². The van der Waals surface area contributed by atoms with E-state index in [1.165, 1.54) is 0 Å². The van der Waals surface area contributed by atoms with Crippen molar-refractivity contribution in [3.05, 3.63) is 71.0 Å². The highest BCUT2D eigenvalue weighted by atomic mass is 16.5. The summed E-state index contributed by atoms with van der Waals surface area (Å²) in [6.07, 6.45) is 0. The van der Waals surface area contributed by atoms with Crippen LogP contribution in [0.25, 0.3) is 16.8 Å². The highest BCUT2D eigenvalue weighted by molar-refractivity contribution is 6.20. The second-order valence-corrected chi connectivity index (χ2v) is 6.31. The maximum atomic E-state index is 13.2. The number of hydrogen-bond donors (Lipinski definition) is 0. The van der Waals surface area contributed by atoms with E-state index in [-0.39, 0.29) is 12.4 Å². The number of esters is 1. The largest absolute Gasteiger partial charge is 0.497 e. The third-order valence-electron chi connectivity index (χ3n) is 4.87.